The second-order valence-electron chi connectivity index (χ2n) is 5.13. The smallest absolute Gasteiger partial charge is 0.306 e. The van der Waals surface area contributed by atoms with Gasteiger partial charge in [0.05, 0.1) is 11.3 Å². The molecule has 122 valence electrons. The molecule has 1 heterocycles. The molecule has 2 aromatic rings. The second-order valence-corrected chi connectivity index (χ2v) is 6.42. The Bertz CT molecular complexity index is 724. The van der Waals surface area contributed by atoms with Crippen LogP contribution in [0.5, 0.6) is 0 Å². The summed E-state index contributed by atoms with van der Waals surface area (Å²) in [6.07, 6.45) is -0.994. The average molecular weight is 338 g/mol. The number of esters is 1. The van der Waals surface area contributed by atoms with Crippen LogP contribution in [0.25, 0.3) is 0 Å². The van der Waals surface area contributed by atoms with Crippen molar-refractivity contribution in [1.29, 1.82) is 0 Å². The maximum Gasteiger partial charge on any atom is 0.306 e. The van der Waals surface area contributed by atoms with E-state index in [1.54, 1.807) is 6.07 Å². The van der Waals surface area contributed by atoms with Crippen LogP contribution in [0.3, 0.4) is 0 Å². The lowest BCUT2D eigenvalue weighted by Gasteiger charge is -2.14. The molecule has 0 fully saturated rings. The van der Waals surface area contributed by atoms with Gasteiger partial charge in [-0.15, -0.1) is 11.3 Å². The summed E-state index contributed by atoms with van der Waals surface area (Å²) in [5.41, 5.74) is -0.0291. The van der Waals surface area contributed by atoms with Gasteiger partial charge >= 0.3 is 5.97 Å². The van der Waals surface area contributed by atoms with Gasteiger partial charge in [-0.2, -0.15) is 0 Å². The summed E-state index contributed by atoms with van der Waals surface area (Å²) >= 11 is 1.37. The van der Waals surface area contributed by atoms with E-state index in [1.807, 2.05) is 13.0 Å². The molecule has 0 saturated carbocycles. The zero-order chi connectivity index (χ0) is 17.0. The van der Waals surface area contributed by atoms with Gasteiger partial charge in [0.15, 0.2) is 5.78 Å². The minimum Gasteiger partial charge on any atom is -0.458 e. The van der Waals surface area contributed by atoms with Crippen LogP contribution in [0, 0.1) is 18.6 Å². The maximum absolute atomic E-state index is 13.6. The van der Waals surface area contributed by atoms with Gasteiger partial charge in [-0.1, -0.05) is 0 Å². The third-order valence-corrected chi connectivity index (χ3v) is 4.32. The predicted octanol–water partition coefficient (Wildman–Crippen LogP) is 4.60. The lowest BCUT2D eigenvalue weighted by Crippen LogP contribution is -2.12. The first-order valence-electron chi connectivity index (χ1n) is 7.11. The molecule has 0 saturated heterocycles. The summed E-state index contributed by atoms with van der Waals surface area (Å²) in [5.74, 6) is -2.00. The normalized spacial score (nSPS) is 12.0. The molecule has 0 amide bonds. The van der Waals surface area contributed by atoms with E-state index < -0.39 is 23.7 Å². The van der Waals surface area contributed by atoms with Gasteiger partial charge in [-0.25, -0.2) is 8.78 Å². The number of aryl methyl sites for hydroxylation is 1. The highest BCUT2D eigenvalue weighted by atomic mass is 32.1. The zero-order valence-corrected chi connectivity index (χ0v) is 13.6. The molecule has 23 heavy (non-hydrogen) atoms. The van der Waals surface area contributed by atoms with E-state index in [4.69, 9.17) is 4.74 Å². The van der Waals surface area contributed by atoms with Crippen LogP contribution in [0.15, 0.2) is 30.3 Å². The molecule has 2 rings (SSSR count). The number of thiophene rings is 1. The van der Waals surface area contributed by atoms with E-state index in [0.717, 1.165) is 23.1 Å². The Morgan fingerprint density at radius 3 is 2.57 bits per heavy atom. The molecule has 1 atom stereocenters. The standard InChI is InChI=1S/C17H16F2O3S/c1-10-3-7-16(23-10)15(20)6-8-17(21)22-11(2)13-9-12(18)4-5-14(13)19/h3-5,7,9,11H,6,8H2,1-2H3. The van der Waals surface area contributed by atoms with E-state index >= 15 is 0 Å². The molecule has 0 aliphatic rings. The van der Waals surface area contributed by atoms with Gasteiger partial charge in [0.2, 0.25) is 0 Å². The third kappa shape index (κ3) is 4.69. The molecule has 0 radical (unpaired) electrons. The van der Waals surface area contributed by atoms with E-state index in [0.29, 0.717) is 4.88 Å². The predicted molar refractivity (Wildman–Crippen MR) is 83.5 cm³/mol. The van der Waals surface area contributed by atoms with Crippen LogP contribution < -0.4 is 0 Å². The first-order chi connectivity index (χ1) is 10.9. The second kappa shape index (κ2) is 7.46. The van der Waals surface area contributed by atoms with Crippen molar-refractivity contribution < 1.29 is 23.1 Å². The number of carbonyl (C=O) groups excluding carboxylic acids is 2. The number of hydrogen-bond donors (Lipinski definition) is 0. The minimum atomic E-state index is -0.919. The molecule has 0 bridgehead atoms. The van der Waals surface area contributed by atoms with Crippen molar-refractivity contribution in [2.75, 3.05) is 0 Å². The van der Waals surface area contributed by atoms with Crippen molar-refractivity contribution in [3.05, 3.63) is 57.3 Å². The summed E-state index contributed by atoms with van der Waals surface area (Å²) in [4.78, 5) is 25.3. The van der Waals surface area contributed by atoms with E-state index in [9.17, 15) is 18.4 Å². The lowest BCUT2D eigenvalue weighted by molar-refractivity contribution is -0.148. The molecule has 0 aliphatic carbocycles. The van der Waals surface area contributed by atoms with Crippen molar-refractivity contribution in [2.45, 2.75) is 32.8 Å². The number of rotatable bonds is 6. The number of ether oxygens (including phenoxy) is 1. The lowest BCUT2D eigenvalue weighted by atomic mass is 10.1. The van der Waals surface area contributed by atoms with E-state index in [1.165, 1.54) is 18.3 Å². The summed E-state index contributed by atoms with van der Waals surface area (Å²) in [6.45, 7) is 3.35. The van der Waals surface area contributed by atoms with Crippen LogP contribution >= 0.6 is 11.3 Å². The number of hydrogen-bond acceptors (Lipinski definition) is 4. The Balaban J connectivity index is 1.89. The molecule has 6 heteroatoms. The molecule has 0 aliphatic heterocycles. The van der Waals surface area contributed by atoms with Crippen molar-refractivity contribution in [3.63, 3.8) is 0 Å². The molecule has 0 N–H and O–H groups in total. The first kappa shape index (κ1) is 17.3. The number of halogens is 2. The summed E-state index contributed by atoms with van der Waals surface area (Å²) in [7, 11) is 0. The third-order valence-electron chi connectivity index (χ3n) is 3.28. The van der Waals surface area contributed by atoms with Gasteiger partial charge in [0.1, 0.15) is 17.7 Å². The average Bonchev–Trinajstić information content (AvgIpc) is 2.93. The van der Waals surface area contributed by atoms with Crippen LogP contribution in [-0.2, 0) is 9.53 Å². The fraction of sp³-hybridized carbons (Fsp3) is 0.294. The molecule has 3 nitrogen and oxygen atoms in total. The Kier molecular flexibility index (Phi) is 5.60. The fourth-order valence-corrected chi connectivity index (χ4v) is 2.90. The topological polar surface area (TPSA) is 43.4 Å². The molecular weight excluding hydrogens is 322 g/mol. The van der Waals surface area contributed by atoms with Gasteiger partial charge in [0, 0.05) is 16.9 Å². The molecule has 1 aromatic heterocycles. The van der Waals surface area contributed by atoms with Crippen LogP contribution in [0.4, 0.5) is 8.78 Å². The Morgan fingerprint density at radius 1 is 1.17 bits per heavy atom. The highest BCUT2D eigenvalue weighted by Crippen LogP contribution is 2.22. The van der Waals surface area contributed by atoms with Crippen molar-refractivity contribution >= 4 is 23.1 Å². The van der Waals surface area contributed by atoms with Gasteiger partial charge in [-0.05, 0) is 44.2 Å². The van der Waals surface area contributed by atoms with Crippen molar-refractivity contribution in [2.24, 2.45) is 0 Å². The number of carbonyl (C=O) groups is 2. The summed E-state index contributed by atoms with van der Waals surface area (Å²) < 4.78 is 31.8. The largest absolute Gasteiger partial charge is 0.458 e. The quantitative estimate of drug-likeness (QED) is 0.571. The monoisotopic (exact) mass is 338 g/mol. The number of Topliss-reactive ketones (excluding diaryl/α,β-unsaturated/α-hetero) is 1. The van der Waals surface area contributed by atoms with Crippen LogP contribution in [-0.4, -0.2) is 11.8 Å². The molecule has 0 spiro atoms. The van der Waals surface area contributed by atoms with Gasteiger partial charge in [-0.3, -0.25) is 9.59 Å². The van der Waals surface area contributed by atoms with Gasteiger partial charge < -0.3 is 4.74 Å². The van der Waals surface area contributed by atoms with Crippen molar-refractivity contribution in [3.8, 4) is 0 Å². The highest BCUT2D eigenvalue weighted by molar-refractivity contribution is 7.14. The molecule has 1 aromatic carbocycles. The molecule has 1 unspecified atom stereocenters. The number of benzene rings is 1. The SMILES string of the molecule is Cc1ccc(C(=O)CCC(=O)OC(C)c2cc(F)ccc2F)s1. The zero-order valence-electron chi connectivity index (χ0n) is 12.8. The maximum atomic E-state index is 13.6. The minimum absolute atomic E-state index is 0.0249. The van der Waals surface area contributed by atoms with E-state index in [2.05, 4.69) is 0 Å². The highest BCUT2D eigenvalue weighted by Gasteiger charge is 2.18. The first-order valence-corrected chi connectivity index (χ1v) is 7.92. The van der Waals surface area contributed by atoms with Crippen LogP contribution in [0.1, 0.15) is 46.0 Å². The number of ketones is 1. The Labute approximate surface area is 136 Å². The molecular formula is C17H16F2O3S. The summed E-state index contributed by atoms with van der Waals surface area (Å²) in [6, 6.07) is 6.53. The van der Waals surface area contributed by atoms with Crippen LogP contribution in [0.2, 0.25) is 0 Å². The Morgan fingerprint density at radius 2 is 1.91 bits per heavy atom. The fourth-order valence-electron chi connectivity index (χ4n) is 2.07. The van der Waals surface area contributed by atoms with Crippen molar-refractivity contribution in [1.82, 2.24) is 0 Å². The van der Waals surface area contributed by atoms with E-state index in [-0.39, 0.29) is 24.2 Å². The summed E-state index contributed by atoms with van der Waals surface area (Å²) in [5, 5.41) is 0. The van der Waals surface area contributed by atoms with Gasteiger partial charge in [0.25, 0.3) is 0 Å². The Hall–Kier alpha value is -2.08.